The van der Waals surface area contributed by atoms with Crippen molar-refractivity contribution in [3.63, 3.8) is 0 Å². The average Bonchev–Trinajstić information content (AvgIpc) is 2.28. The molecule has 1 aliphatic carbocycles. The van der Waals surface area contributed by atoms with Crippen LogP contribution in [0, 0.1) is 16.7 Å². The van der Waals surface area contributed by atoms with Crippen LogP contribution in [0.2, 0.25) is 0 Å². The van der Waals surface area contributed by atoms with Gasteiger partial charge in [0, 0.05) is 0 Å². The second-order valence-electron chi connectivity index (χ2n) is 5.37. The van der Waals surface area contributed by atoms with E-state index < -0.39 is 15.3 Å². The lowest BCUT2D eigenvalue weighted by atomic mass is 9.93. The summed E-state index contributed by atoms with van der Waals surface area (Å²) in [6, 6.07) is 2.15. The van der Waals surface area contributed by atoms with Crippen molar-refractivity contribution in [3.05, 3.63) is 0 Å². The van der Waals surface area contributed by atoms with Crippen molar-refractivity contribution in [3.8, 4) is 6.07 Å². The Balaban J connectivity index is 2.55. The zero-order valence-electron chi connectivity index (χ0n) is 10.2. The van der Waals surface area contributed by atoms with E-state index in [1.807, 2.05) is 0 Å². The third-order valence-electron chi connectivity index (χ3n) is 3.37. The minimum atomic E-state index is -2.98. The topological polar surface area (TPSA) is 57.9 Å². The van der Waals surface area contributed by atoms with Crippen LogP contribution < -0.4 is 0 Å². The summed E-state index contributed by atoms with van der Waals surface area (Å²) >= 11 is 0. The van der Waals surface area contributed by atoms with E-state index in [0.717, 1.165) is 32.1 Å². The van der Waals surface area contributed by atoms with Gasteiger partial charge >= 0.3 is 0 Å². The highest BCUT2D eigenvalue weighted by atomic mass is 32.2. The Morgan fingerprint density at radius 3 is 2.31 bits per heavy atom. The van der Waals surface area contributed by atoms with Crippen molar-refractivity contribution < 1.29 is 8.42 Å². The van der Waals surface area contributed by atoms with Crippen LogP contribution in [0.15, 0.2) is 0 Å². The third-order valence-corrected chi connectivity index (χ3v) is 5.63. The summed E-state index contributed by atoms with van der Waals surface area (Å²) in [4.78, 5) is 0. The standard InChI is InChI=1S/C12H21NO2S/c1-12(2,10-13)8-9-16(14,15)11-6-4-3-5-7-11/h11H,3-9H2,1-2H3. The Bertz CT molecular complexity index is 359. The molecule has 0 aromatic rings. The van der Waals surface area contributed by atoms with Crippen molar-refractivity contribution >= 4 is 9.84 Å². The second-order valence-corrected chi connectivity index (χ2v) is 7.77. The van der Waals surface area contributed by atoms with Crippen molar-refractivity contribution in [1.82, 2.24) is 0 Å². The van der Waals surface area contributed by atoms with Crippen LogP contribution in [0.5, 0.6) is 0 Å². The van der Waals surface area contributed by atoms with Crippen LogP contribution in [0.4, 0.5) is 0 Å². The molecular weight excluding hydrogens is 222 g/mol. The Hall–Kier alpha value is -0.560. The van der Waals surface area contributed by atoms with Gasteiger partial charge in [0.1, 0.15) is 0 Å². The summed E-state index contributed by atoms with van der Waals surface area (Å²) < 4.78 is 24.1. The smallest absolute Gasteiger partial charge is 0.153 e. The first kappa shape index (κ1) is 13.5. The van der Waals surface area contributed by atoms with Gasteiger partial charge in [-0.2, -0.15) is 5.26 Å². The first-order chi connectivity index (χ1) is 7.37. The van der Waals surface area contributed by atoms with Crippen molar-refractivity contribution in [2.24, 2.45) is 5.41 Å². The first-order valence-corrected chi connectivity index (χ1v) is 7.72. The molecular formula is C12H21NO2S. The molecule has 16 heavy (non-hydrogen) atoms. The number of nitrogens with zero attached hydrogens (tertiary/aromatic N) is 1. The van der Waals surface area contributed by atoms with Crippen LogP contribution in [0.25, 0.3) is 0 Å². The van der Waals surface area contributed by atoms with E-state index >= 15 is 0 Å². The molecule has 0 N–H and O–H groups in total. The first-order valence-electron chi connectivity index (χ1n) is 6.00. The third kappa shape index (κ3) is 3.79. The number of hydrogen-bond donors (Lipinski definition) is 0. The minimum Gasteiger partial charge on any atom is -0.229 e. The molecule has 0 aromatic carbocycles. The van der Waals surface area contributed by atoms with Gasteiger partial charge in [0.25, 0.3) is 0 Å². The molecule has 3 nitrogen and oxygen atoms in total. The SMILES string of the molecule is CC(C)(C#N)CCS(=O)(=O)C1CCCCC1. The number of nitriles is 1. The maximum absolute atomic E-state index is 12.0. The molecule has 0 unspecified atom stereocenters. The van der Waals surface area contributed by atoms with Gasteiger partial charge in [-0.05, 0) is 33.1 Å². The summed E-state index contributed by atoms with van der Waals surface area (Å²) in [7, 11) is -2.98. The summed E-state index contributed by atoms with van der Waals surface area (Å²) in [6.07, 6.45) is 5.31. The molecule has 4 heteroatoms. The predicted molar refractivity (Wildman–Crippen MR) is 64.7 cm³/mol. The van der Waals surface area contributed by atoms with Crippen LogP contribution in [0.1, 0.15) is 52.4 Å². The van der Waals surface area contributed by atoms with Crippen molar-refractivity contribution in [2.45, 2.75) is 57.6 Å². The molecule has 0 bridgehead atoms. The van der Waals surface area contributed by atoms with Crippen molar-refractivity contribution in [1.29, 1.82) is 5.26 Å². The maximum Gasteiger partial charge on any atom is 0.153 e. The van der Waals surface area contributed by atoms with Gasteiger partial charge in [0.15, 0.2) is 9.84 Å². The summed E-state index contributed by atoms with van der Waals surface area (Å²) in [6.45, 7) is 3.59. The quantitative estimate of drug-likeness (QED) is 0.762. The van der Waals surface area contributed by atoms with E-state index in [1.54, 1.807) is 13.8 Å². The Morgan fingerprint density at radius 1 is 1.25 bits per heavy atom. The van der Waals surface area contributed by atoms with E-state index in [1.165, 1.54) is 0 Å². The predicted octanol–water partition coefficient (Wildman–Crippen LogP) is 2.67. The minimum absolute atomic E-state index is 0.143. The molecule has 0 aromatic heterocycles. The number of hydrogen-bond acceptors (Lipinski definition) is 3. The van der Waals surface area contributed by atoms with E-state index in [0.29, 0.717) is 6.42 Å². The van der Waals surface area contributed by atoms with E-state index in [2.05, 4.69) is 6.07 Å². The van der Waals surface area contributed by atoms with Gasteiger partial charge in [-0.25, -0.2) is 8.42 Å². The molecule has 0 heterocycles. The lowest BCUT2D eigenvalue weighted by molar-refractivity contribution is 0.457. The van der Waals surface area contributed by atoms with Crippen LogP contribution >= 0.6 is 0 Å². The second kappa shape index (κ2) is 5.18. The Labute approximate surface area is 98.8 Å². The Morgan fingerprint density at radius 2 is 1.81 bits per heavy atom. The fourth-order valence-corrected chi connectivity index (χ4v) is 4.22. The Kier molecular flexibility index (Phi) is 4.37. The summed E-state index contributed by atoms with van der Waals surface area (Å²) in [5.74, 6) is 0.165. The van der Waals surface area contributed by atoms with Gasteiger partial charge in [-0.3, -0.25) is 0 Å². The molecule has 1 saturated carbocycles. The van der Waals surface area contributed by atoms with Gasteiger partial charge in [0.05, 0.1) is 22.5 Å². The van der Waals surface area contributed by atoms with Crippen LogP contribution in [-0.4, -0.2) is 19.4 Å². The normalized spacial score (nSPS) is 19.3. The summed E-state index contributed by atoms with van der Waals surface area (Å²) in [5.41, 5.74) is -0.526. The molecule has 1 rings (SSSR count). The van der Waals surface area contributed by atoms with Gasteiger partial charge in [0.2, 0.25) is 0 Å². The highest BCUT2D eigenvalue weighted by Crippen LogP contribution is 2.27. The fraction of sp³-hybridized carbons (Fsp3) is 0.917. The molecule has 92 valence electrons. The molecule has 0 radical (unpaired) electrons. The molecule has 0 amide bonds. The average molecular weight is 243 g/mol. The van der Waals surface area contributed by atoms with Crippen LogP contribution in [0.3, 0.4) is 0 Å². The van der Waals surface area contributed by atoms with E-state index in [9.17, 15) is 8.42 Å². The monoisotopic (exact) mass is 243 g/mol. The molecule has 1 aliphatic rings. The molecule has 1 fully saturated rings. The summed E-state index contributed by atoms with van der Waals surface area (Å²) in [5, 5.41) is 8.71. The zero-order valence-corrected chi connectivity index (χ0v) is 11.0. The highest BCUT2D eigenvalue weighted by molar-refractivity contribution is 7.92. The maximum atomic E-state index is 12.0. The fourth-order valence-electron chi connectivity index (χ4n) is 2.04. The molecule has 0 spiro atoms. The van der Waals surface area contributed by atoms with Gasteiger partial charge in [-0.1, -0.05) is 19.3 Å². The van der Waals surface area contributed by atoms with E-state index in [4.69, 9.17) is 5.26 Å². The van der Waals surface area contributed by atoms with Crippen LogP contribution in [-0.2, 0) is 9.84 Å². The largest absolute Gasteiger partial charge is 0.229 e. The molecule has 0 saturated heterocycles. The number of rotatable bonds is 4. The molecule has 0 atom stereocenters. The van der Waals surface area contributed by atoms with E-state index in [-0.39, 0.29) is 11.0 Å². The lowest BCUT2D eigenvalue weighted by Gasteiger charge is -2.23. The highest BCUT2D eigenvalue weighted by Gasteiger charge is 2.29. The van der Waals surface area contributed by atoms with Gasteiger partial charge < -0.3 is 0 Å². The molecule has 0 aliphatic heterocycles. The lowest BCUT2D eigenvalue weighted by Crippen LogP contribution is -2.28. The zero-order chi connectivity index (χ0) is 12.2. The van der Waals surface area contributed by atoms with Crippen molar-refractivity contribution in [2.75, 3.05) is 5.75 Å². The van der Waals surface area contributed by atoms with Gasteiger partial charge in [-0.15, -0.1) is 0 Å². The number of sulfone groups is 1.